The highest BCUT2D eigenvalue weighted by Gasteiger charge is 2.32. The summed E-state index contributed by atoms with van der Waals surface area (Å²) in [5.74, 6) is 0.202. The van der Waals surface area contributed by atoms with E-state index >= 15 is 0 Å². The third-order valence-corrected chi connectivity index (χ3v) is 8.13. The Morgan fingerprint density at radius 3 is 1.49 bits per heavy atom. The minimum absolute atomic E-state index is 0.202. The normalized spacial score (nSPS) is 12.8. The van der Waals surface area contributed by atoms with Crippen LogP contribution in [0.25, 0.3) is 54.6 Å². The van der Waals surface area contributed by atoms with E-state index < -0.39 is 0 Å². The zero-order chi connectivity index (χ0) is 24.3. The third-order valence-electron chi connectivity index (χ3n) is 8.13. The van der Waals surface area contributed by atoms with Crippen LogP contribution >= 0.6 is 0 Å². The van der Waals surface area contributed by atoms with Gasteiger partial charge in [-0.2, -0.15) is 0 Å². The van der Waals surface area contributed by atoms with Crippen molar-refractivity contribution in [3.8, 4) is 22.3 Å². The average Bonchev–Trinajstić information content (AvgIpc) is 3.30. The molecule has 0 radical (unpaired) electrons. The van der Waals surface area contributed by atoms with Gasteiger partial charge in [-0.15, -0.1) is 0 Å². The van der Waals surface area contributed by atoms with E-state index in [-0.39, 0.29) is 5.92 Å². The summed E-state index contributed by atoms with van der Waals surface area (Å²) in [6.07, 6.45) is 0. The van der Waals surface area contributed by atoms with Crippen LogP contribution in [0.15, 0.2) is 140 Å². The molecule has 0 aliphatic heterocycles. The van der Waals surface area contributed by atoms with Crippen LogP contribution in [0.4, 0.5) is 0 Å². The van der Waals surface area contributed by atoms with Crippen molar-refractivity contribution in [2.75, 3.05) is 0 Å². The molecular weight excluding hydrogens is 444 g/mol. The lowest BCUT2D eigenvalue weighted by Gasteiger charge is -2.23. The highest BCUT2D eigenvalue weighted by molar-refractivity contribution is 6.16. The standard InChI is InChI=1S/C37H24/c1-2-12-25-23-26(22-21-24(25)11-1)35-31-17-7-9-19-33(31)37(34-20-10-8-18-32(34)35)36-29-15-5-3-13-27(29)28-14-4-6-16-30(28)36/h1-23,36H. The predicted molar refractivity (Wildman–Crippen MR) is 157 cm³/mol. The molecule has 0 N–H and O–H groups in total. The maximum absolute atomic E-state index is 2.35. The smallest absolute Gasteiger partial charge is 0.0364 e. The first-order valence-corrected chi connectivity index (χ1v) is 13.0. The zero-order valence-electron chi connectivity index (χ0n) is 20.4. The summed E-state index contributed by atoms with van der Waals surface area (Å²) in [6.45, 7) is 0. The molecule has 0 saturated carbocycles. The van der Waals surface area contributed by atoms with Gasteiger partial charge in [0.05, 0.1) is 0 Å². The van der Waals surface area contributed by atoms with Gasteiger partial charge in [-0.05, 0) is 77.3 Å². The van der Waals surface area contributed by atoms with E-state index in [2.05, 4.69) is 140 Å². The van der Waals surface area contributed by atoms with Crippen molar-refractivity contribution in [3.05, 3.63) is 156 Å². The van der Waals surface area contributed by atoms with E-state index in [0.29, 0.717) is 0 Å². The van der Waals surface area contributed by atoms with Crippen molar-refractivity contribution < 1.29 is 0 Å². The zero-order valence-corrected chi connectivity index (χ0v) is 20.4. The highest BCUT2D eigenvalue weighted by Crippen LogP contribution is 2.52. The summed E-state index contributed by atoms with van der Waals surface area (Å²) in [4.78, 5) is 0. The molecule has 0 heterocycles. The molecule has 0 fully saturated rings. The van der Waals surface area contributed by atoms with Gasteiger partial charge in [0.25, 0.3) is 0 Å². The van der Waals surface area contributed by atoms with Gasteiger partial charge in [0, 0.05) is 5.92 Å². The quantitative estimate of drug-likeness (QED) is 0.221. The summed E-state index contributed by atoms with van der Waals surface area (Å²) in [7, 11) is 0. The Labute approximate surface area is 216 Å². The maximum atomic E-state index is 2.35. The summed E-state index contributed by atoms with van der Waals surface area (Å²) >= 11 is 0. The average molecular weight is 469 g/mol. The van der Waals surface area contributed by atoms with Gasteiger partial charge >= 0.3 is 0 Å². The van der Waals surface area contributed by atoms with Crippen molar-refractivity contribution >= 4 is 32.3 Å². The van der Waals surface area contributed by atoms with Gasteiger partial charge in [-0.25, -0.2) is 0 Å². The van der Waals surface area contributed by atoms with Crippen LogP contribution in [0, 0.1) is 0 Å². The molecule has 1 aliphatic carbocycles. The van der Waals surface area contributed by atoms with Crippen LogP contribution in [-0.4, -0.2) is 0 Å². The Hall–Kier alpha value is -4.68. The lowest BCUT2D eigenvalue weighted by atomic mass is 9.80. The molecule has 0 unspecified atom stereocenters. The Kier molecular flexibility index (Phi) is 4.39. The van der Waals surface area contributed by atoms with Crippen molar-refractivity contribution in [1.82, 2.24) is 0 Å². The number of rotatable bonds is 2. The van der Waals surface area contributed by atoms with Crippen LogP contribution in [-0.2, 0) is 0 Å². The molecule has 0 spiro atoms. The van der Waals surface area contributed by atoms with Gasteiger partial charge in [0.2, 0.25) is 0 Å². The molecule has 0 heteroatoms. The molecule has 0 saturated heterocycles. The first-order valence-electron chi connectivity index (χ1n) is 13.0. The van der Waals surface area contributed by atoms with Crippen molar-refractivity contribution in [3.63, 3.8) is 0 Å². The van der Waals surface area contributed by atoms with Gasteiger partial charge < -0.3 is 0 Å². The lowest BCUT2D eigenvalue weighted by Crippen LogP contribution is -2.03. The molecular formula is C37H24. The van der Waals surface area contributed by atoms with Crippen molar-refractivity contribution in [1.29, 1.82) is 0 Å². The highest BCUT2D eigenvalue weighted by atomic mass is 14.3. The second-order valence-corrected chi connectivity index (χ2v) is 10.0. The summed E-state index contributed by atoms with van der Waals surface area (Å²) < 4.78 is 0. The lowest BCUT2D eigenvalue weighted by molar-refractivity contribution is 1.04. The summed E-state index contributed by atoms with van der Waals surface area (Å²) in [5, 5.41) is 7.84. The van der Waals surface area contributed by atoms with Gasteiger partial charge in [0.1, 0.15) is 0 Å². The van der Waals surface area contributed by atoms with E-state index in [4.69, 9.17) is 0 Å². The molecule has 7 aromatic rings. The first-order chi connectivity index (χ1) is 18.4. The number of fused-ring (bicyclic) bond motifs is 6. The number of benzene rings is 7. The van der Waals surface area contributed by atoms with E-state index in [1.54, 1.807) is 0 Å². The first kappa shape index (κ1) is 20.5. The van der Waals surface area contributed by atoms with Gasteiger partial charge in [-0.1, -0.05) is 133 Å². The molecule has 8 rings (SSSR count). The molecule has 0 nitrogen and oxygen atoms in total. The Bertz CT molecular complexity index is 1890. The monoisotopic (exact) mass is 468 g/mol. The molecule has 1 aliphatic rings. The Morgan fingerprint density at radius 2 is 0.865 bits per heavy atom. The van der Waals surface area contributed by atoms with Crippen LogP contribution in [0.3, 0.4) is 0 Å². The summed E-state index contributed by atoms with van der Waals surface area (Å²) in [6, 6.07) is 51.4. The SMILES string of the molecule is c1ccc2c(c1)-c1ccccc1C2c1c2ccccc2c(-c2ccc3ccccc3c2)c2ccccc12. The number of hydrogen-bond acceptors (Lipinski definition) is 0. The molecule has 37 heavy (non-hydrogen) atoms. The van der Waals surface area contributed by atoms with Crippen LogP contribution in [0.2, 0.25) is 0 Å². The van der Waals surface area contributed by atoms with E-state index in [1.165, 1.54) is 71.3 Å². The molecule has 0 bridgehead atoms. The van der Waals surface area contributed by atoms with Crippen molar-refractivity contribution in [2.24, 2.45) is 0 Å². The third kappa shape index (κ3) is 2.96. The molecule has 7 aromatic carbocycles. The molecule has 0 aromatic heterocycles. The Morgan fingerprint density at radius 1 is 0.378 bits per heavy atom. The van der Waals surface area contributed by atoms with Gasteiger partial charge in [0.15, 0.2) is 0 Å². The minimum atomic E-state index is 0.202. The van der Waals surface area contributed by atoms with Gasteiger partial charge in [-0.3, -0.25) is 0 Å². The molecule has 172 valence electrons. The van der Waals surface area contributed by atoms with E-state index in [1.807, 2.05) is 0 Å². The number of hydrogen-bond donors (Lipinski definition) is 0. The predicted octanol–water partition coefficient (Wildman–Crippen LogP) is 9.97. The van der Waals surface area contributed by atoms with Crippen LogP contribution in [0.1, 0.15) is 22.6 Å². The fourth-order valence-corrected chi connectivity index (χ4v) is 6.60. The maximum Gasteiger partial charge on any atom is 0.0364 e. The summed E-state index contributed by atoms with van der Waals surface area (Å²) in [5.41, 5.74) is 9.51. The minimum Gasteiger partial charge on any atom is -0.0619 e. The Balaban J connectivity index is 1.51. The second kappa shape index (κ2) is 7.91. The topological polar surface area (TPSA) is 0 Å². The molecule has 0 atom stereocenters. The van der Waals surface area contributed by atoms with Crippen LogP contribution < -0.4 is 0 Å². The van der Waals surface area contributed by atoms with Crippen LogP contribution in [0.5, 0.6) is 0 Å². The second-order valence-electron chi connectivity index (χ2n) is 10.0. The largest absolute Gasteiger partial charge is 0.0619 e. The molecule has 0 amide bonds. The fourth-order valence-electron chi connectivity index (χ4n) is 6.60. The fraction of sp³-hybridized carbons (Fsp3) is 0.0270. The van der Waals surface area contributed by atoms with E-state index in [0.717, 1.165) is 0 Å². The van der Waals surface area contributed by atoms with Crippen molar-refractivity contribution in [2.45, 2.75) is 5.92 Å². The van der Waals surface area contributed by atoms with E-state index in [9.17, 15) is 0 Å².